The van der Waals surface area contributed by atoms with Crippen molar-refractivity contribution < 1.29 is 52.1 Å². The van der Waals surface area contributed by atoms with Crippen molar-refractivity contribution in [2.45, 2.75) is 18.7 Å². The fraction of sp³-hybridized carbons (Fsp3) is 0.300. The molecule has 0 N–H and O–H groups in total. The number of hydrogen-bond donors (Lipinski definition) is 0. The molecule has 0 heterocycles. The second-order valence-corrected chi connectivity index (χ2v) is 4.88. The van der Waals surface area contributed by atoms with E-state index >= 15 is 0 Å². The standard InChI is InChI=1S/C10H12O5S.Na/c1-7(2)10(11)15-8-3-5-9(6-4-8)16(12,13)14;/h3-7H,1-2H3,(H,12,13,14);/q;+1/p-1. The summed E-state index contributed by atoms with van der Waals surface area (Å²) in [6.07, 6.45) is 0. The first kappa shape index (κ1) is 16.6. The second-order valence-electron chi connectivity index (χ2n) is 3.50. The Balaban J connectivity index is 0.00000256. The van der Waals surface area contributed by atoms with Gasteiger partial charge in [-0.05, 0) is 24.3 Å². The third-order valence-electron chi connectivity index (χ3n) is 1.80. The molecule has 1 aromatic carbocycles. The molecular formula is C10H11NaO5S. The third kappa shape index (κ3) is 5.18. The number of rotatable bonds is 3. The van der Waals surface area contributed by atoms with E-state index in [0.717, 1.165) is 12.1 Å². The van der Waals surface area contributed by atoms with Gasteiger partial charge >= 0.3 is 35.5 Å². The molecule has 0 bridgehead atoms. The Bertz CT molecular complexity index is 478. The monoisotopic (exact) mass is 266 g/mol. The Kier molecular flexibility index (Phi) is 6.36. The van der Waals surface area contributed by atoms with Crippen LogP contribution in [0.2, 0.25) is 0 Å². The van der Waals surface area contributed by atoms with E-state index < -0.39 is 16.1 Å². The third-order valence-corrected chi connectivity index (χ3v) is 2.65. The first-order valence-corrected chi connectivity index (χ1v) is 5.99. The largest absolute Gasteiger partial charge is 1.00 e. The first-order valence-electron chi connectivity index (χ1n) is 4.58. The number of carbonyl (C=O) groups is 1. The van der Waals surface area contributed by atoms with E-state index in [9.17, 15) is 17.8 Å². The van der Waals surface area contributed by atoms with Crippen molar-refractivity contribution in [3.05, 3.63) is 24.3 Å². The summed E-state index contributed by atoms with van der Waals surface area (Å²) in [4.78, 5) is 10.8. The Morgan fingerprint density at radius 2 is 1.71 bits per heavy atom. The Hall–Kier alpha value is -0.400. The minimum Gasteiger partial charge on any atom is -0.744 e. The van der Waals surface area contributed by atoms with Crippen LogP contribution >= 0.6 is 0 Å². The van der Waals surface area contributed by atoms with Gasteiger partial charge in [0, 0.05) is 0 Å². The number of ether oxygens (including phenoxy) is 1. The van der Waals surface area contributed by atoms with Crippen LogP contribution in [0.3, 0.4) is 0 Å². The van der Waals surface area contributed by atoms with Crippen molar-refractivity contribution in [1.82, 2.24) is 0 Å². The van der Waals surface area contributed by atoms with E-state index in [-0.39, 0.29) is 46.1 Å². The second kappa shape index (κ2) is 6.51. The smallest absolute Gasteiger partial charge is 0.744 e. The molecule has 0 saturated carbocycles. The van der Waals surface area contributed by atoms with Crippen LogP contribution in [0.5, 0.6) is 5.75 Å². The SMILES string of the molecule is CC(C)C(=O)Oc1ccc(S(=O)(=O)[O-])cc1.[Na+]. The molecule has 0 aliphatic rings. The van der Waals surface area contributed by atoms with Crippen molar-refractivity contribution in [2.24, 2.45) is 5.92 Å². The predicted octanol–water partition coefficient (Wildman–Crippen LogP) is -1.84. The van der Waals surface area contributed by atoms with Gasteiger partial charge in [0.05, 0.1) is 10.8 Å². The van der Waals surface area contributed by atoms with Gasteiger partial charge in [-0.15, -0.1) is 0 Å². The van der Waals surface area contributed by atoms with E-state index in [1.54, 1.807) is 13.8 Å². The molecule has 5 nitrogen and oxygen atoms in total. The summed E-state index contributed by atoms with van der Waals surface area (Å²) in [7, 11) is -4.45. The molecule has 0 atom stereocenters. The van der Waals surface area contributed by atoms with Crippen molar-refractivity contribution in [2.75, 3.05) is 0 Å². The van der Waals surface area contributed by atoms with Gasteiger partial charge in [0.25, 0.3) is 0 Å². The van der Waals surface area contributed by atoms with Crippen LogP contribution in [-0.2, 0) is 14.9 Å². The van der Waals surface area contributed by atoms with Gasteiger partial charge in [0.15, 0.2) is 0 Å². The van der Waals surface area contributed by atoms with Gasteiger partial charge in [-0.1, -0.05) is 13.8 Å². The van der Waals surface area contributed by atoms with Crippen LogP contribution in [0.1, 0.15) is 13.8 Å². The van der Waals surface area contributed by atoms with Gasteiger partial charge in [0.1, 0.15) is 15.9 Å². The minimum atomic E-state index is -4.45. The van der Waals surface area contributed by atoms with Gasteiger partial charge in [-0.2, -0.15) is 0 Å². The summed E-state index contributed by atoms with van der Waals surface area (Å²) in [5.41, 5.74) is 0. The normalized spacial score (nSPS) is 10.8. The molecule has 0 saturated heterocycles. The van der Waals surface area contributed by atoms with Crippen LogP contribution < -0.4 is 34.3 Å². The molecule has 0 aliphatic heterocycles. The Morgan fingerprint density at radius 3 is 2.06 bits per heavy atom. The maximum atomic E-state index is 11.2. The van der Waals surface area contributed by atoms with E-state index in [1.807, 2.05) is 0 Å². The van der Waals surface area contributed by atoms with Gasteiger partial charge in [-0.3, -0.25) is 4.79 Å². The maximum Gasteiger partial charge on any atom is 1.00 e. The number of esters is 1. The zero-order valence-electron chi connectivity index (χ0n) is 9.84. The van der Waals surface area contributed by atoms with E-state index in [4.69, 9.17) is 4.74 Å². The molecule has 0 amide bonds. The molecule has 1 rings (SSSR count). The maximum absolute atomic E-state index is 11.2. The topological polar surface area (TPSA) is 83.5 Å². The molecule has 0 aromatic heterocycles. The minimum absolute atomic E-state index is 0. The molecule has 88 valence electrons. The molecule has 0 spiro atoms. The Labute approximate surface area is 122 Å². The fourth-order valence-corrected chi connectivity index (χ4v) is 1.38. The van der Waals surface area contributed by atoms with Gasteiger partial charge in [-0.25, -0.2) is 8.42 Å². The summed E-state index contributed by atoms with van der Waals surface area (Å²) in [6.45, 7) is 3.36. The number of hydrogen-bond acceptors (Lipinski definition) is 5. The fourth-order valence-electron chi connectivity index (χ4n) is 0.908. The summed E-state index contributed by atoms with van der Waals surface area (Å²) in [5, 5.41) is 0. The molecule has 0 fully saturated rings. The zero-order valence-corrected chi connectivity index (χ0v) is 12.7. The van der Waals surface area contributed by atoms with E-state index in [2.05, 4.69) is 0 Å². The van der Waals surface area contributed by atoms with Crippen LogP contribution in [0, 0.1) is 5.92 Å². The Morgan fingerprint density at radius 1 is 1.24 bits per heavy atom. The number of carbonyl (C=O) groups excluding carboxylic acids is 1. The molecule has 1 aromatic rings. The zero-order chi connectivity index (χ0) is 12.3. The van der Waals surface area contributed by atoms with Crippen LogP contribution in [0.25, 0.3) is 0 Å². The summed E-state index contributed by atoms with van der Waals surface area (Å²) in [5.74, 6) is -0.480. The molecule has 0 aliphatic carbocycles. The van der Waals surface area contributed by atoms with Crippen LogP contribution in [-0.4, -0.2) is 18.9 Å². The molecule has 7 heteroatoms. The van der Waals surface area contributed by atoms with Gasteiger partial charge in [0.2, 0.25) is 0 Å². The predicted molar refractivity (Wildman–Crippen MR) is 54.9 cm³/mol. The summed E-state index contributed by atoms with van der Waals surface area (Å²) in [6, 6.07) is 4.74. The average molecular weight is 266 g/mol. The van der Waals surface area contributed by atoms with E-state index in [0.29, 0.717) is 0 Å². The van der Waals surface area contributed by atoms with Crippen molar-refractivity contribution in [3.63, 3.8) is 0 Å². The van der Waals surface area contributed by atoms with Crippen molar-refractivity contribution >= 4 is 16.1 Å². The van der Waals surface area contributed by atoms with E-state index in [1.165, 1.54) is 12.1 Å². The summed E-state index contributed by atoms with van der Waals surface area (Å²) < 4.78 is 36.7. The molecular weight excluding hydrogens is 255 g/mol. The van der Waals surface area contributed by atoms with Gasteiger partial charge < -0.3 is 9.29 Å². The van der Waals surface area contributed by atoms with Crippen LogP contribution in [0.4, 0.5) is 0 Å². The molecule has 0 unspecified atom stereocenters. The average Bonchev–Trinajstić information content (AvgIpc) is 2.17. The number of benzene rings is 1. The van der Waals surface area contributed by atoms with Crippen LogP contribution in [0.15, 0.2) is 29.2 Å². The first-order chi connectivity index (χ1) is 7.30. The molecule has 0 radical (unpaired) electrons. The quantitative estimate of drug-likeness (QED) is 0.278. The summed E-state index contributed by atoms with van der Waals surface area (Å²) >= 11 is 0. The molecule has 17 heavy (non-hydrogen) atoms. The van der Waals surface area contributed by atoms with Crippen molar-refractivity contribution in [3.8, 4) is 5.75 Å². The van der Waals surface area contributed by atoms with Crippen molar-refractivity contribution in [1.29, 1.82) is 0 Å².